The van der Waals surface area contributed by atoms with Crippen molar-refractivity contribution in [3.63, 3.8) is 0 Å². The standard InChI is InChI=1S/C14H18O2/c1-3-7-14(16-12(2)15)11-10-13-8-5-4-6-9-13/h3-6,8-9,14H,1,7,10-11H2,2H3. The van der Waals surface area contributed by atoms with Gasteiger partial charge in [-0.2, -0.15) is 0 Å². The van der Waals surface area contributed by atoms with Crippen molar-refractivity contribution in [2.24, 2.45) is 0 Å². The monoisotopic (exact) mass is 218 g/mol. The van der Waals surface area contributed by atoms with Gasteiger partial charge in [-0.15, -0.1) is 6.58 Å². The van der Waals surface area contributed by atoms with E-state index in [0.29, 0.717) is 6.42 Å². The highest BCUT2D eigenvalue weighted by atomic mass is 16.5. The molecule has 0 saturated carbocycles. The van der Waals surface area contributed by atoms with E-state index in [0.717, 1.165) is 12.8 Å². The Morgan fingerprint density at radius 2 is 2.12 bits per heavy atom. The second-order valence-corrected chi connectivity index (χ2v) is 3.78. The molecule has 2 heteroatoms. The quantitative estimate of drug-likeness (QED) is 0.541. The van der Waals surface area contributed by atoms with Gasteiger partial charge in [0.2, 0.25) is 0 Å². The molecule has 0 aliphatic rings. The van der Waals surface area contributed by atoms with Crippen molar-refractivity contribution < 1.29 is 9.53 Å². The number of carbonyl (C=O) groups excluding carboxylic acids is 1. The maximum atomic E-state index is 10.9. The fourth-order valence-corrected chi connectivity index (χ4v) is 1.62. The number of hydrogen-bond acceptors (Lipinski definition) is 2. The molecule has 0 aliphatic heterocycles. The maximum absolute atomic E-state index is 10.9. The summed E-state index contributed by atoms with van der Waals surface area (Å²) in [6.45, 7) is 5.11. The highest BCUT2D eigenvalue weighted by Crippen LogP contribution is 2.10. The maximum Gasteiger partial charge on any atom is 0.302 e. The molecule has 0 saturated heterocycles. The molecule has 1 aromatic carbocycles. The van der Waals surface area contributed by atoms with Crippen LogP contribution in [0.4, 0.5) is 0 Å². The molecule has 1 rings (SSSR count). The van der Waals surface area contributed by atoms with Crippen LogP contribution in [0.25, 0.3) is 0 Å². The summed E-state index contributed by atoms with van der Waals surface area (Å²) < 4.78 is 5.20. The Kier molecular flexibility index (Phi) is 5.34. The van der Waals surface area contributed by atoms with Crippen LogP contribution in [0.1, 0.15) is 25.3 Å². The molecule has 0 amide bonds. The van der Waals surface area contributed by atoms with Gasteiger partial charge < -0.3 is 4.74 Å². The van der Waals surface area contributed by atoms with Crippen molar-refractivity contribution in [2.45, 2.75) is 32.3 Å². The molecular weight excluding hydrogens is 200 g/mol. The Balaban J connectivity index is 2.43. The lowest BCUT2D eigenvalue weighted by atomic mass is 10.1. The second kappa shape index (κ2) is 6.83. The number of carbonyl (C=O) groups is 1. The van der Waals surface area contributed by atoms with Gasteiger partial charge in [0.25, 0.3) is 0 Å². The minimum absolute atomic E-state index is 0.0461. The van der Waals surface area contributed by atoms with E-state index in [1.807, 2.05) is 18.2 Å². The molecule has 0 aliphatic carbocycles. The van der Waals surface area contributed by atoms with Crippen LogP contribution in [0.3, 0.4) is 0 Å². The molecule has 0 bridgehead atoms. The van der Waals surface area contributed by atoms with E-state index in [-0.39, 0.29) is 12.1 Å². The van der Waals surface area contributed by atoms with Crippen LogP contribution in [0.5, 0.6) is 0 Å². The second-order valence-electron chi connectivity index (χ2n) is 3.78. The van der Waals surface area contributed by atoms with E-state index in [2.05, 4.69) is 18.7 Å². The molecule has 86 valence electrons. The van der Waals surface area contributed by atoms with Crippen LogP contribution < -0.4 is 0 Å². The van der Waals surface area contributed by atoms with Crippen molar-refractivity contribution in [2.75, 3.05) is 0 Å². The fourth-order valence-electron chi connectivity index (χ4n) is 1.62. The van der Waals surface area contributed by atoms with Crippen LogP contribution in [0.15, 0.2) is 43.0 Å². The minimum atomic E-state index is -0.222. The summed E-state index contributed by atoms with van der Waals surface area (Å²) in [5.74, 6) is -0.222. The Labute approximate surface area is 96.9 Å². The van der Waals surface area contributed by atoms with E-state index < -0.39 is 0 Å². The van der Waals surface area contributed by atoms with Crippen molar-refractivity contribution in [3.05, 3.63) is 48.6 Å². The molecule has 16 heavy (non-hydrogen) atoms. The SMILES string of the molecule is C=CCC(CCc1ccccc1)OC(C)=O. The largest absolute Gasteiger partial charge is 0.462 e. The number of benzene rings is 1. The zero-order chi connectivity index (χ0) is 11.8. The minimum Gasteiger partial charge on any atom is -0.462 e. The molecule has 0 N–H and O–H groups in total. The highest BCUT2D eigenvalue weighted by molar-refractivity contribution is 5.66. The van der Waals surface area contributed by atoms with Crippen LogP contribution in [0.2, 0.25) is 0 Å². The number of ether oxygens (including phenoxy) is 1. The third-order valence-electron chi connectivity index (χ3n) is 2.36. The molecule has 2 nitrogen and oxygen atoms in total. The van der Waals surface area contributed by atoms with Crippen LogP contribution in [-0.4, -0.2) is 12.1 Å². The summed E-state index contributed by atoms with van der Waals surface area (Å²) in [7, 11) is 0. The zero-order valence-electron chi connectivity index (χ0n) is 9.69. The van der Waals surface area contributed by atoms with Crippen LogP contribution in [0, 0.1) is 0 Å². The molecule has 1 atom stereocenters. The summed E-state index contributed by atoms with van der Waals surface area (Å²) in [6, 6.07) is 10.2. The van der Waals surface area contributed by atoms with Gasteiger partial charge in [-0.3, -0.25) is 4.79 Å². The van der Waals surface area contributed by atoms with Gasteiger partial charge in [-0.1, -0.05) is 36.4 Å². The highest BCUT2D eigenvalue weighted by Gasteiger charge is 2.09. The summed E-state index contributed by atoms with van der Waals surface area (Å²) >= 11 is 0. The van der Waals surface area contributed by atoms with Crippen molar-refractivity contribution in [3.8, 4) is 0 Å². The molecule has 1 aromatic rings. The first-order chi connectivity index (χ1) is 7.72. The van der Waals surface area contributed by atoms with Gasteiger partial charge in [0.15, 0.2) is 0 Å². The van der Waals surface area contributed by atoms with Gasteiger partial charge in [-0.05, 0) is 18.4 Å². The smallest absolute Gasteiger partial charge is 0.302 e. The number of rotatable bonds is 6. The van der Waals surface area contributed by atoms with E-state index >= 15 is 0 Å². The molecule has 0 heterocycles. The summed E-state index contributed by atoms with van der Waals surface area (Å²) in [5.41, 5.74) is 1.27. The zero-order valence-corrected chi connectivity index (χ0v) is 9.69. The first-order valence-corrected chi connectivity index (χ1v) is 5.54. The molecule has 0 aromatic heterocycles. The molecule has 1 unspecified atom stereocenters. The summed E-state index contributed by atoms with van der Waals surface area (Å²) in [4.78, 5) is 10.9. The Morgan fingerprint density at radius 3 is 2.69 bits per heavy atom. The third-order valence-corrected chi connectivity index (χ3v) is 2.36. The number of esters is 1. The average Bonchev–Trinajstić information content (AvgIpc) is 2.27. The Bertz CT molecular complexity index is 330. The Morgan fingerprint density at radius 1 is 1.44 bits per heavy atom. The van der Waals surface area contributed by atoms with Crippen molar-refractivity contribution in [1.82, 2.24) is 0 Å². The van der Waals surface area contributed by atoms with E-state index in [1.165, 1.54) is 12.5 Å². The number of aryl methyl sites for hydroxylation is 1. The van der Waals surface area contributed by atoms with E-state index in [1.54, 1.807) is 6.08 Å². The molecule has 0 spiro atoms. The first-order valence-electron chi connectivity index (χ1n) is 5.54. The van der Waals surface area contributed by atoms with Crippen molar-refractivity contribution >= 4 is 5.97 Å². The van der Waals surface area contributed by atoms with E-state index in [9.17, 15) is 4.79 Å². The summed E-state index contributed by atoms with van der Waals surface area (Å²) in [5, 5.41) is 0. The first kappa shape index (κ1) is 12.5. The lowest BCUT2D eigenvalue weighted by Crippen LogP contribution is -2.16. The topological polar surface area (TPSA) is 26.3 Å². The normalized spacial score (nSPS) is 11.8. The van der Waals surface area contributed by atoms with Crippen molar-refractivity contribution in [1.29, 1.82) is 0 Å². The molecule has 0 fully saturated rings. The van der Waals surface area contributed by atoms with Gasteiger partial charge in [-0.25, -0.2) is 0 Å². The fraction of sp³-hybridized carbons (Fsp3) is 0.357. The Hall–Kier alpha value is -1.57. The molecular formula is C14H18O2. The van der Waals surface area contributed by atoms with Gasteiger partial charge in [0.1, 0.15) is 6.10 Å². The van der Waals surface area contributed by atoms with Gasteiger partial charge >= 0.3 is 5.97 Å². The lowest BCUT2D eigenvalue weighted by Gasteiger charge is -2.15. The molecule has 0 radical (unpaired) electrons. The lowest BCUT2D eigenvalue weighted by molar-refractivity contribution is -0.146. The summed E-state index contributed by atoms with van der Waals surface area (Å²) in [6.07, 6.45) is 4.22. The van der Waals surface area contributed by atoms with Crippen LogP contribution in [-0.2, 0) is 16.0 Å². The average molecular weight is 218 g/mol. The third kappa shape index (κ3) is 4.78. The van der Waals surface area contributed by atoms with E-state index in [4.69, 9.17) is 4.74 Å². The predicted molar refractivity (Wildman–Crippen MR) is 65.1 cm³/mol. The van der Waals surface area contributed by atoms with Gasteiger partial charge in [0, 0.05) is 13.3 Å². The van der Waals surface area contributed by atoms with Crippen LogP contribution >= 0.6 is 0 Å². The predicted octanol–water partition coefficient (Wildman–Crippen LogP) is 3.13. The van der Waals surface area contributed by atoms with Gasteiger partial charge in [0.05, 0.1) is 0 Å². The number of hydrogen-bond donors (Lipinski definition) is 0.